The first-order chi connectivity index (χ1) is 9.09. The van der Waals surface area contributed by atoms with Crippen LogP contribution in [-0.4, -0.2) is 53.8 Å². The summed E-state index contributed by atoms with van der Waals surface area (Å²) >= 11 is 0. The number of hydrogen-bond acceptors (Lipinski definition) is 3. The Morgan fingerprint density at radius 3 is 2.63 bits per heavy atom. The summed E-state index contributed by atoms with van der Waals surface area (Å²) in [6, 6.07) is 3.42. The van der Waals surface area contributed by atoms with Crippen molar-refractivity contribution in [2.75, 3.05) is 27.2 Å². The van der Waals surface area contributed by atoms with E-state index in [-0.39, 0.29) is 17.7 Å². The number of pyridine rings is 1. The third kappa shape index (κ3) is 3.10. The number of piperidine rings is 1. The van der Waals surface area contributed by atoms with Crippen molar-refractivity contribution in [3.8, 4) is 0 Å². The molecule has 0 saturated carbocycles. The van der Waals surface area contributed by atoms with Gasteiger partial charge in [-0.05, 0) is 25.0 Å². The fraction of sp³-hybridized carbons (Fsp3) is 0.500. The van der Waals surface area contributed by atoms with Gasteiger partial charge in [-0.15, -0.1) is 0 Å². The highest BCUT2D eigenvalue weighted by atomic mass is 16.2. The fourth-order valence-electron chi connectivity index (χ4n) is 2.41. The average molecular weight is 261 g/mol. The van der Waals surface area contributed by atoms with Crippen LogP contribution in [-0.2, 0) is 4.79 Å². The molecule has 1 fully saturated rings. The highest BCUT2D eigenvalue weighted by Crippen LogP contribution is 2.19. The molecule has 2 amide bonds. The lowest BCUT2D eigenvalue weighted by atomic mass is 9.96. The first kappa shape index (κ1) is 13.5. The van der Waals surface area contributed by atoms with E-state index >= 15 is 0 Å². The Kier molecular flexibility index (Phi) is 4.14. The van der Waals surface area contributed by atoms with Crippen molar-refractivity contribution < 1.29 is 9.59 Å². The molecule has 0 radical (unpaired) electrons. The second kappa shape index (κ2) is 5.82. The van der Waals surface area contributed by atoms with Gasteiger partial charge in [0, 0.05) is 45.1 Å². The molecule has 2 heterocycles. The average Bonchev–Trinajstić information content (AvgIpc) is 2.46. The number of hydrogen-bond donors (Lipinski definition) is 0. The summed E-state index contributed by atoms with van der Waals surface area (Å²) in [5.74, 6) is 0.0143. The molecule has 19 heavy (non-hydrogen) atoms. The number of rotatable bonds is 2. The Labute approximate surface area is 113 Å². The van der Waals surface area contributed by atoms with Crippen molar-refractivity contribution in [2.45, 2.75) is 12.8 Å². The zero-order chi connectivity index (χ0) is 13.8. The quantitative estimate of drug-likeness (QED) is 0.798. The Morgan fingerprint density at radius 1 is 1.32 bits per heavy atom. The van der Waals surface area contributed by atoms with Crippen molar-refractivity contribution in [2.24, 2.45) is 5.92 Å². The Morgan fingerprint density at radius 2 is 2.00 bits per heavy atom. The van der Waals surface area contributed by atoms with E-state index in [0.29, 0.717) is 12.1 Å². The van der Waals surface area contributed by atoms with Crippen molar-refractivity contribution in [3.63, 3.8) is 0 Å². The predicted octanol–water partition coefficient (Wildman–Crippen LogP) is 1.02. The van der Waals surface area contributed by atoms with Gasteiger partial charge in [-0.25, -0.2) is 0 Å². The molecule has 0 N–H and O–H groups in total. The molecule has 2 rings (SSSR count). The van der Waals surface area contributed by atoms with E-state index in [1.54, 1.807) is 48.4 Å². The van der Waals surface area contributed by atoms with E-state index < -0.39 is 0 Å². The summed E-state index contributed by atoms with van der Waals surface area (Å²) in [7, 11) is 3.51. The predicted molar refractivity (Wildman–Crippen MR) is 71.6 cm³/mol. The van der Waals surface area contributed by atoms with E-state index in [2.05, 4.69) is 4.98 Å². The van der Waals surface area contributed by atoms with Crippen LogP contribution in [0.5, 0.6) is 0 Å². The van der Waals surface area contributed by atoms with Crippen LogP contribution in [0.25, 0.3) is 0 Å². The highest BCUT2D eigenvalue weighted by Gasteiger charge is 2.29. The monoisotopic (exact) mass is 261 g/mol. The molecule has 5 heteroatoms. The largest absolute Gasteiger partial charge is 0.349 e. The van der Waals surface area contributed by atoms with Crippen molar-refractivity contribution >= 4 is 11.8 Å². The summed E-state index contributed by atoms with van der Waals surface area (Å²) in [6.45, 7) is 1.23. The minimum atomic E-state index is -0.0745. The SMILES string of the molecule is CN(C)C(=O)[C@H]1CCCN(C(=O)c2ccncc2)C1. The summed E-state index contributed by atoms with van der Waals surface area (Å²) in [5.41, 5.74) is 0.632. The topological polar surface area (TPSA) is 53.5 Å². The molecule has 0 bridgehead atoms. The number of carbonyl (C=O) groups is 2. The smallest absolute Gasteiger partial charge is 0.253 e. The number of nitrogens with zero attached hydrogens (tertiary/aromatic N) is 3. The minimum Gasteiger partial charge on any atom is -0.349 e. The Hall–Kier alpha value is -1.91. The summed E-state index contributed by atoms with van der Waals surface area (Å²) < 4.78 is 0. The van der Waals surface area contributed by atoms with Gasteiger partial charge in [-0.1, -0.05) is 0 Å². The standard InChI is InChI=1S/C14H19N3O2/c1-16(2)13(18)12-4-3-9-17(10-12)14(19)11-5-7-15-8-6-11/h5-8,12H,3-4,9-10H2,1-2H3/t12-/m0/s1. The van der Waals surface area contributed by atoms with Gasteiger partial charge in [0.2, 0.25) is 5.91 Å². The molecule has 1 saturated heterocycles. The molecule has 1 aliphatic rings. The second-order valence-corrected chi connectivity index (χ2v) is 5.06. The van der Waals surface area contributed by atoms with Gasteiger partial charge in [-0.3, -0.25) is 14.6 Å². The van der Waals surface area contributed by atoms with Crippen LogP contribution in [0.2, 0.25) is 0 Å². The van der Waals surface area contributed by atoms with Gasteiger partial charge in [0.25, 0.3) is 5.91 Å². The molecular formula is C14H19N3O2. The zero-order valence-electron chi connectivity index (χ0n) is 11.4. The van der Waals surface area contributed by atoms with Gasteiger partial charge < -0.3 is 9.80 Å². The van der Waals surface area contributed by atoms with Crippen LogP contribution < -0.4 is 0 Å². The molecule has 0 spiro atoms. The first-order valence-corrected chi connectivity index (χ1v) is 6.50. The molecule has 0 unspecified atom stereocenters. The van der Waals surface area contributed by atoms with Crippen LogP contribution in [0.4, 0.5) is 0 Å². The molecule has 1 aromatic rings. The molecule has 0 aliphatic carbocycles. The summed E-state index contributed by atoms with van der Waals surface area (Å²) in [4.78, 5) is 31.6. The summed E-state index contributed by atoms with van der Waals surface area (Å²) in [5, 5.41) is 0. The molecule has 1 atom stereocenters. The zero-order valence-corrected chi connectivity index (χ0v) is 11.4. The third-order valence-corrected chi connectivity index (χ3v) is 3.43. The number of aromatic nitrogens is 1. The molecule has 1 aliphatic heterocycles. The van der Waals surface area contributed by atoms with Gasteiger partial charge in [-0.2, -0.15) is 0 Å². The second-order valence-electron chi connectivity index (χ2n) is 5.06. The molecule has 0 aromatic carbocycles. The van der Waals surface area contributed by atoms with Crippen molar-refractivity contribution in [1.82, 2.24) is 14.8 Å². The van der Waals surface area contributed by atoms with Crippen LogP contribution in [0.1, 0.15) is 23.2 Å². The van der Waals surface area contributed by atoms with Crippen molar-refractivity contribution in [3.05, 3.63) is 30.1 Å². The van der Waals surface area contributed by atoms with Crippen LogP contribution >= 0.6 is 0 Å². The fourth-order valence-corrected chi connectivity index (χ4v) is 2.41. The minimum absolute atomic E-state index is 0.0151. The van der Waals surface area contributed by atoms with Crippen molar-refractivity contribution in [1.29, 1.82) is 0 Å². The van der Waals surface area contributed by atoms with Gasteiger partial charge in [0.15, 0.2) is 0 Å². The molecule has 102 valence electrons. The van der Waals surface area contributed by atoms with E-state index in [1.807, 2.05) is 0 Å². The maximum Gasteiger partial charge on any atom is 0.253 e. The maximum absolute atomic E-state index is 12.3. The van der Waals surface area contributed by atoms with Crippen LogP contribution in [0.3, 0.4) is 0 Å². The van der Waals surface area contributed by atoms with E-state index in [0.717, 1.165) is 19.4 Å². The number of amides is 2. The first-order valence-electron chi connectivity index (χ1n) is 6.50. The third-order valence-electron chi connectivity index (χ3n) is 3.43. The van der Waals surface area contributed by atoms with Gasteiger partial charge >= 0.3 is 0 Å². The Balaban J connectivity index is 2.05. The normalized spacial score (nSPS) is 19.1. The molecule has 5 nitrogen and oxygen atoms in total. The van der Waals surface area contributed by atoms with Gasteiger partial charge in [0.05, 0.1) is 5.92 Å². The van der Waals surface area contributed by atoms with E-state index in [4.69, 9.17) is 0 Å². The number of likely N-dealkylation sites (tertiary alicyclic amines) is 1. The van der Waals surface area contributed by atoms with E-state index in [9.17, 15) is 9.59 Å². The summed E-state index contributed by atoms with van der Waals surface area (Å²) in [6.07, 6.45) is 4.96. The Bertz CT molecular complexity index is 459. The van der Waals surface area contributed by atoms with E-state index in [1.165, 1.54) is 0 Å². The number of carbonyl (C=O) groups excluding carboxylic acids is 2. The highest BCUT2D eigenvalue weighted by molar-refractivity contribution is 5.94. The molecule has 1 aromatic heterocycles. The van der Waals surface area contributed by atoms with Crippen LogP contribution in [0, 0.1) is 5.92 Å². The van der Waals surface area contributed by atoms with Gasteiger partial charge in [0.1, 0.15) is 0 Å². The maximum atomic E-state index is 12.3. The lowest BCUT2D eigenvalue weighted by Gasteiger charge is -2.33. The van der Waals surface area contributed by atoms with Crippen LogP contribution in [0.15, 0.2) is 24.5 Å². The lowest BCUT2D eigenvalue weighted by Crippen LogP contribution is -2.45. The molecular weight excluding hydrogens is 242 g/mol. The lowest BCUT2D eigenvalue weighted by molar-refractivity contribution is -0.134.